The number of furan rings is 1. The number of nitrogens with zero attached hydrogens (tertiary/aromatic N) is 4. The molecule has 32 heavy (non-hydrogen) atoms. The maximum atomic E-state index is 12.9. The van der Waals surface area contributed by atoms with Crippen molar-refractivity contribution in [1.29, 1.82) is 0 Å². The number of carbonyl (C=O) groups excluding carboxylic acids is 3. The van der Waals surface area contributed by atoms with Crippen LogP contribution in [0, 0.1) is 0 Å². The first-order chi connectivity index (χ1) is 15.3. The van der Waals surface area contributed by atoms with E-state index < -0.39 is 34.3 Å². The van der Waals surface area contributed by atoms with Crippen molar-refractivity contribution in [3.8, 4) is 0 Å². The zero-order valence-corrected chi connectivity index (χ0v) is 18.4. The van der Waals surface area contributed by atoms with E-state index in [4.69, 9.17) is 4.42 Å². The average molecular weight is 476 g/mol. The molecule has 0 saturated heterocycles. The lowest BCUT2D eigenvalue weighted by Crippen LogP contribution is -2.37. The largest absolute Gasteiger partial charge is 0.468 e. The van der Waals surface area contributed by atoms with Crippen LogP contribution in [0.5, 0.6) is 0 Å². The molecule has 0 bridgehead atoms. The Hall–Kier alpha value is -3.42. The molecule has 1 aliphatic heterocycles. The second-order valence-corrected chi connectivity index (χ2v) is 9.76. The molecule has 3 amide bonds. The highest BCUT2D eigenvalue weighted by atomic mass is 32.2. The molecule has 0 aliphatic carbocycles. The van der Waals surface area contributed by atoms with Gasteiger partial charge in [-0.25, -0.2) is 8.42 Å². The van der Waals surface area contributed by atoms with Crippen LogP contribution in [0.1, 0.15) is 33.4 Å². The fourth-order valence-electron chi connectivity index (χ4n) is 3.10. The third kappa shape index (κ3) is 4.04. The summed E-state index contributed by atoms with van der Waals surface area (Å²) in [6, 6.07) is 9.59. The van der Waals surface area contributed by atoms with Crippen LogP contribution in [0.3, 0.4) is 0 Å². The fraction of sp³-hybridized carbons (Fsp3) is 0.211. The van der Waals surface area contributed by atoms with E-state index in [1.807, 2.05) is 0 Å². The highest BCUT2D eigenvalue weighted by molar-refractivity contribution is 7.91. The Morgan fingerprint density at radius 2 is 1.81 bits per heavy atom. The van der Waals surface area contributed by atoms with Crippen LogP contribution >= 0.6 is 11.3 Å². The van der Waals surface area contributed by atoms with Crippen molar-refractivity contribution in [1.82, 2.24) is 19.4 Å². The van der Waals surface area contributed by atoms with E-state index in [0.29, 0.717) is 17.1 Å². The second-order valence-electron chi connectivity index (χ2n) is 6.67. The average Bonchev–Trinajstić information content (AvgIpc) is 3.51. The van der Waals surface area contributed by atoms with E-state index in [9.17, 15) is 22.8 Å². The van der Waals surface area contributed by atoms with E-state index >= 15 is 0 Å². The summed E-state index contributed by atoms with van der Waals surface area (Å²) in [7, 11) is -3.97. The Labute approximate surface area is 186 Å². The van der Waals surface area contributed by atoms with Crippen molar-refractivity contribution in [3.05, 3.63) is 59.5 Å². The van der Waals surface area contributed by atoms with Gasteiger partial charge in [-0.1, -0.05) is 30.4 Å². The molecule has 1 aliphatic rings. The Morgan fingerprint density at radius 3 is 2.41 bits per heavy atom. The molecule has 0 spiro atoms. The van der Waals surface area contributed by atoms with Gasteiger partial charge in [0.25, 0.3) is 21.8 Å². The first-order valence-electron chi connectivity index (χ1n) is 9.42. The number of hydrogen-bond donors (Lipinski definition) is 1. The molecule has 0 unspecified atom stereocenters. The van der Waals surface area contributed by atoms with Crippen LogP contribution in [-0.4, -0.2) is 58.6 Å². The van der Waals surface area contributed by atoms with E-state index in [0.717, 1.165) is 9.21 Å². The number of fused-ring (bicyclic) bond motifs is 1. The number of anilines is 1. The molecule has 3 heterocycles. The Balaban J connectivity index is 1.43. The number of amides is 3. The summed E-state index contributed by atoms with van der Waals surface area (Å²) in [5.41, 5.74) is 0.455. The minimum atomic E-state index is -3.97. The number of nitrogens with one attached hydrogen (secondary N) is 1. The van der Waals surface area contributed by atoms with Gasteiger partial charge in [0.1, 0.15) is 12.3 Å². The van der Waals surface area contributed by atoms with Crippen LogP contribution in [-0.2, 0) is 21.4 Å². The van der Waals surface area contributed by atoms with Gasteiger partial charge in [0.05, 0.1) is 23.9 Å². The van der Waals surface area contributed by atoms with Crippen molar-refractivity contribution >= 4 is 44.2 Å². The molecule has 3 aromatic rings. The van der Waals surface area contributed by atoms with Crippen LogP contribution in [0.15, 0.2) is 51.4 Å². The number of imide groups is 1. The summed E-state index contributed by atoms with van der Waals surface area (Å²) < 4.78 is 31.8. The van der Waals surface area contributed by atoms with Crippen molar-refractivity contribution in [2.45, 2.75) is 17.8 Å². The molecule has 0 radical (unpaired) electrons. The fourth-order valence-corrected chi connectivity index (χ4v) is 5.57. The third-order valence-corrected chi connectivity index (χ3v) is 7.76. The molecule has 1 aromatic carbocycles. The molecule has 2 aromatic heterocycles. The number of carbonyl (C=O) groups is 3. The highest BCUT2D eigenvalue weighted by Crippen LogP contribution is 2.25. The van der Waals surface area contributed by atoms with Crippen LogP contribution in [0.2, 0.25) is 0 Å². The van der Waals surface area contributed by atoms with Gasteiger partial charge >= 0.3 is 0 Å². The van der Waals surface area contributed by atoms with E-state index in [-0.39, 0.29) is 33.7 Å². The van der Waals surface area contributed by atoms with Gasteiger partial charge in [-0.15, -0.1) is 10.2 Å². The smallest absolute Gasteiger partial charge is 0.272 e. The van der Waals surface area contributed by atoms with E-state index in [1.165, 1.54) is 18.4 Å². The lowest BCUT2D eigenvalue weighted by Gasteiger charge is -2.16. The van der Waals surface area contributed by atoms with Gasteiger partial charge in [-0.2, -0.15) is 4.31 Å². The standard InChI is InChI=1S/C19H17N5O6S2/c1-2-23(10-12-6-5-9-30-12)32(28,29)19-22-21-18(31-19)20-15(25)11-24-16(26)13-7-3-4-8-14(13)17(24)27/h3-9H,2,10-11H2,1H3,(H,20,21,25). The Kier molecular flexibility index (Phi) is 5.86. The van der Waals surface area contributed by atoms with Crippen molar-refractivity contribution in [3.63, 3.8) is 0 Å². The predicted molar refractivity (Wildman–Crippen MR) is 112 cm³/mol. The molecular weight excluding hydrogens is 458 g/mol. The minimum absolute atomic E-state index is 0.0207. The zero-order valence-electron chi connectivity index (χ0n) is 16.7. The highest BCUT2D eigenvalue weighted by Gasteiger charge is 2.36. The number of hydrogen-bond acceptors (Lipinski definition) is 9. The minimum Gasteiger partial charge on any atom is -0.468 e. The van der Waals surface area contributed by atoms with Crippen molar-refractivity contribution < 1.29 is 27.2 Å². The predicted octanol–water partition coefficient (Wildman–Crippen LogP) is 1.58. The first kappa shape index (κ1) is 21.8. The van der Waals surface area contributed by atoms with Gasteiger partial charge in [-0.3, -0.25) is 24.6 Å². The maximum absolute atomic E-state index is 12.9. The number of rotatable bonds is 8. The summed E-state index contributed by atoms with van der Waals surface area (Å²) in [5.74, 6) is -1.38. The van der Waals surface area contributed by atoms with E-state index in [1.54, 1.807) is 31.2 Å². The SMILES string of the molecule is CCN(Cc1ccco1)S(=O)(=O)c1nnc(NC(=O)CN2C(=O)c3ccccc3C2=O)s1. The molecule has 0 atom stereocenters. The summed E-state index contributed by atoms with van der Waals surface area (Å²) in [5, 5.41) is 9.71. The molecule has 13 heteroatoms. The van der Waals surface area contributed by atoms with Crippen molar-refractivity contribution in [2.24, 2.45) is 0 Å². The van der Waals surface area contributed by atoms with Gasteiger partial charge < -0.3 is 4.42 Å². The topological polar surface area (TPSA) is 143 Å². The Bertz CT molecular complexity index is 1250. The number of sulfonamides is 1. The van der Waals surface area contributed by atoms with Crippen molar-refractivity contribution in [2.75, 3.05) is 18.4 Å². The summed E-state index contributed by atoms with van der Waals surface area (Å²) in [4.78, 5) is 38.0. The summed E-state index contributed by atoms with van der Waals surface area (Å²) in [6.07, 6.45) is 1.45. The van der Waals surface area contributed by atoms with Crippen LogP contribution in [0.4, 0.5) is 5.13 Å². The monoisotopic (exact) mass is 475 g/mol. The second kappa shape index (κ2) is 8.61. The molecule has 166 valence electrons. The molecule has 0 fully saturated rings. The maximum Gasteiger partial charge on any atom is 0.272 e. The normalized spacial score (nSPS) is 13.6. The quantitative estimate of drug-likeness (QED) is 0.382. The zero-order chi connectivity index (χ0) is 22.9. The first-order valence-corrected chi connectivity index (χ1v) is 11.7. The molecule has 11 nitrogen and oxygen atoms in total. The number of aromatic nitrogens is 2. The van der Waals surface area contributed by atoms with Crippen LogP contribution in [0.25, 0.3) is 0 Å². The molecule has 0 saturated carbocycles. The molecule has 4 rings (SSSR count). The lowest BCUT2D eigenvalue weighted by atomic mass is 10.1. The number of benzene rings is 1. The summed E-state index contributed by atoms with van der Waals surface area (Å²) >= 11 is 0.669. The van der Waals surface area contributed by atoms with Gasteiger partial charge in [0, 0.05) is 6.54 Å². The molecule has 1 N–H and O–H groups in total. The van der Waals surface area contributed by atoms with Gasteiger partial charge in [-0.05, 0) is 24.3 Å². The van der Waals surface area contributed by atoms with Gasteiger partial charge in [0.15, 0.2) is 0 Å². The third-order valence-electron chi connectivity index (χ3n) is 4.66. The lowest BCUT2D eigenvalue weighted by molar-refractivity contribution is -0.116. The van der Waals surface area contributed by atoms with Gasteiger partial charge in [0.2, 0.25) is 15.4 Å². The Morgan fingerprint density at radius 1 is 1.12 bits per heavy atom. The van der Waals surface area contributed by atoms with E-state index in [2.05, 4.69) is 15.5 Å². The van der Waals surface area contributed by atoms with Crippen LogP contribution < -0.4 is 5.32 Å². The molecular formula is C19H17N5O6S2. The summed E-state index contributed by atoms with van der Waals surface area (Å²) in [6.45, 7) is 1.33.